The van der Waals surface area contributed by atoms with Crippen molar-refractivity contribution in [1.29, 1.82) is 0 Å². The molecule has 0 aliphatic rings. The fourth-order valence-electron chi connectivity index (χ4n) is 2.86. The Balaban J connectivity index is 1.86. The van der Waals surface area contributed by atoms with E-state index in [1.807, 2.05) is 25.1 Å². The second-order valence-electron chi connectivity index (χ2n) is 6.12. The molecular weight excluding hydrogens is 346 g/mol. The molecule has 138 valence electrons. The van der Waals surface area contributed by atoms with E-state index in [1.54, 1.807) is 36.4 Å². The molecule has 0 fully saturated rings. The molecule has 2 aromatic carbocycles. The van der Waals surface area contributed by atoms with Gasteiger partial charge >= 0.3 is 5.97 Å². The van der Waals surface area contributed by atoms with Crippen molar-refractivity contribution in [2.75, 3.05) is 0 Å². The van der Waals surface area contributed by atoms with Crippen molar-refractivity contribution in [1.82, 2.24) is 15.1 Å². The van der Waals surface area contributed by atoms with Crippen molar-refractivity contribution in [3.63, 3.8) is 0 Å². The number of amides is 1. The second-order valence-corrected chi connectivity index (χ2v) is 6.12. The van der Waals surface area contributed by atoms with E-state index < -0.39 is 17.9 Å². The number of nitrogens with zero attached hydrogens (tertiary/aromatic N) is 2. The van der Waals surface area contributed by atoms with Crippen LogP contribution in [-0.4, -0.2) is 31.9 Å². The standard InChI is InChI=1S/C20H19N3O4/c1-13-7-5-6-10-15(13)16(12-19(25)26)21-20(27)17-11-18(24)23(22-17)14-8-3-2-4-9-14/h2-11,16,24H,12H2,1H3,(H,21,27)(H,25,26)/t16-/m1/s1. The number of hydrogen-bond acceptors (Lipinski definition) is 4. The largest absolute Gasteiger partial charge is 0.493 e. The Morgan fingerprint density at radius 2 is 1.78 bits per heavy atom. The van der Waals surface area contributed by atoms with Crippen molar-refractivity contribution in [3.8, 4) is 11.6 Å². The molecule has 3 N–H and O–H groups in total. The molecule has 1 amide bonds. The number of rotatable bonds is 6. The number of aliphatic carboxylic acids is 1. The molecule has 0 saturated heterocycles. The monoisotopic (exact) mass is 365 g/mol. The smallest absolute Gasteiger partial charge is 0.305 e. The molecule has 1 atom stereocenters. The Kier molecular flexibility index (Phi) is 5.21. The molecule has 7 nitrogen and oxygen atoms in total. The number of aryl methyl sites for hydroxylation is 1. The Morgan fingerprint density at radius 1 is 1.11 bits per heavy atom. The molecule has 3 aromatic rings. The maximum absolute atomic E-state index is 12.6. The molecule has 0 saturated carbocycles. The Bertz CT molecular complexity index is 966. The Hall–Kier alpha value is -3.61. The zero-order valence-corrected chi connectivity index (χ0v) is 14.7. The summed E-state index contributed by atoms with van der Waals surface area (Å²) in [5, 5.41) is 26.1. The molecule has 1 heterocycles. The van der Waals surface area contributed by atoms with Gasteiger partial charge in [0, 0.05) is 6.07 Å². The number of carboxylic acid groups (broad SMARTS) is 1. The number of para-hydroxylation sites is 1. The number of carboxylic acids is 1. The summed E-state index contributed by atoms with van der Waals surface area (Å²) in [6.07, 6.45) is -0.262. The van der Waals surface area contributed by atoms with Gasteiger partial charge in [-0.3, -0.25) is 9.59 Å². The number of aromatic hydroxyl groups is 1. The van der Waals surface area contributed by atoms with Crippen molar-refractivity contribution >= 4 is 11.9 Å². The van der Waals surface area contributed by atoms with Crippen LogP contribution in [0.1, 0.15) is 34.1 Å². The lowest BCUT2D eigenvalue weighted by atomic mass is 9.98. The highest BCUT2D eigenvalue weighted by Crippen LogP contribution is 2.22. The third kappa shape index (κ3) is 4.14. The fraction of sp³-hybridized carbons (Fsp3) is 0.150. The third-order valence-corrected chi connectivity index (χ3v) is 4.17. The number of carbonyl (C=O) groups excluding carboxylic acids is 1. The van der Waals surface area contributed by atoms with E-state index >= 15 is 0 Å². The summed E-state index contributed by atoms with van der Waals surface area (Å²) in [6.45, 7) is 1.85. The second kappa shape index (κ2) is 7.74. The topological polar surface area (TPSA) is 104 Å². The fourth-order valence-corrected chi connectivity index (χ4v) is 2.86. The highest BCUT2D eigenvalue weighted by molar-refractivity contribution is 5.93. The zero-order valence-electron chi connectivity index (χ0n) is 14.7. The average Bonchev–Trinajstić information content (AvgIpc) is 3.04. The van der Waals surface area contributed by atoms with Gasteiger partial charge in [-0.05, 0) is 30.2 Å². The van der Waals surface area contributed by atoms with Crippen LogP contribution in [0.25, 0.3) is 5.69 Å². The summed E-state index contributed by atoms with van der Waals surface area (Å²) in [7, 11) is 0. The quantitative estimate of drug-likeness (QED) is 0.623. The van der Waals surface area contributed by atoms with Gasteiger partial charge in [0.05, 0.1) is 18.2 Å². The van der Waals surface area contributed by atoms with E-state index in [0.29, 0.717) is 5.69 Å². The van der Waals surface area contributed by atoms with Crippen LogP contribution in [0.2, 0.25) is 0 Å². The lowest BCUT2D eigenvalue weighted by Gasteiger charge is -2.18. The van der Waals surface area contributed by atoms with Gasteiger partial charge in [-0.25, -0.2) is 4.68 Å². The molecule has 0 spiro atoms. The highest BCUT2D eigenvalue weighted by atomic mass is 16.4. The minimum Gasteiger partial charge on any atom is -0.493 e. The van der Waals surface area contributed by atoms with E-state index in [-0.39, 0.29) is 18.0 Å². The number of hydrogen-bond donors (Lipinski definition) is 3. The first-order valence-corrected chi connectivity index (χ1v) is 8.38. The summed E-state index contributed by atoms with van der Waals surface area (Å²) in [5.41, 5.74) is 2.21. The van der Waals surface area contributed by atoms with Gasteiger partial charge in [0.2, 0.25) is 5.88 Å². The summed E-state index contributed by atoms with van der Waals surface area (Å²) >= 11 is 0. The SMILES string of the molecule is Cc1ccccc1[C@@H](CC(=O)O)NC(=O)c1cc(O)n(-c2ccccc2)n1. The van der Waals surface area contributed by atoms with Crippen molar-refractivity contribution in [2.45, 2.75) is 19.4 Å². The van der Waals surface area contributed by atoms with E-state index in [0.717, 1.165) is 11.1 Å². The highest BCUT2D eigenvalue weighted by Gasteiger charge is 2.22. The number of benzene rings is 2. The predicted molar refractivity (Wildman–Crippen MR) is 98.9 cm³/mol. The van der Waals surface area contributed by atoms with Crippen LogP contribution in [0.5, 0.6) is 5.88 Å². The van der Waals surface area contributed by atoms with Crippen molar-refractivity contribution in [3.05, 3.63) is 77.5 Å². The molecule has 0 aliphatic carbocycles. The lowest BCUT2D eigenvalue weighted by molar-refractivity contribution is -0.137. The van der Waals surface area contributed by atoms with Gasteiger partial charge in [0.1, 0.15) is 0 Å². The molecule has 1 aromatic heterocycles. The van der Waals surface area contributed by atoms with Gasteiger partial charge in [-0.1, -0.05) is 42.5 Å². The van der Waals surface area contributed by atoms with Gasteiger partial charge in [-0.15, -0.1) is 0 Å². The van der Waals surface area contributed by atoms with Crippen molar-refractivity contribution < 1.29 is 19.8 Å². The van der Waals surface area contributed by atoms with Crippen LogP contribution in [0.4, 0.5) is 0 Å². The normalized spacial score (nSPS) is 11.7. The van der Waals surface area contributed by atoms with Crippen molar-refractivity contribution in [2.24, 2.45) is 0 Å². The molecule has 0 bridgehead atoms. The van der Waals surface area contributed by atoms with E-state index in [9.17, 15) is 19.8 Å². The molecule has 27 heavy (non-hydrogen) atoms. The number of nitrogens with one attached hydrogen (secondary N) is 1. The molecule has 7 heteroatoms. The van der Waals surface area contributed by atoms with E-state index in [1.165, 1.54) is 10.7 Å². The summed E-state index contributed by atoms with van der Waals surface area (Å²) in [4.78, 5) is 23.9. The van der Waals surface area contributed by atoms with E-state index in [2.05, 4.69) is 10.4 Å². The number of aromatic nitrogens is 2. The minimum absolute atomic E-state index is 0.000302. The Labute approximate surface area is 155 Å². The van der Waals surface area contributed by atoms with Crippen LogP contribution in [-0.2, 0) is 4.79 Å². The van der Waals surface area contributed by atoms with Gasteiger partial charge < -0.3 is 15.5 Å². The first-order chi connectivity index (χ1) is 13.0. The van der Waals surface area contributed by atoms with Crippen LogP contribution in [0.15, 0.2) is 60.7 Å². The number of carbonyl (C=O) groups is 2. The molecule has 0 radical (unpaired) electrons. The summed E-state index contributed by atoms with van der Waals surface area (Å²) in [5.74, 6) is -1.77. The van der Waals surface area contributed by atoms with Crippen LogP contribution in [0, 0.1) is 6.92 Å². The maximum Gasteiger partial charge on any atom is 0.305 e. The van der Waals surface area contributed by atoms with Crippen LogP contribution < -0.4 is 5.32 Å². The Morgan fingerprint density at radius 3 is 2.44 bits per heavy atom. The van der Waals surface area contributed by atoms with E-state index in [4.69, 9.17) is 0 Å². The third-order valence-electron chi connectivity index (χ3n) is 4.17. The van der Waals surface area contributed by atoms with Gasteiger partial charge in [0.25, 0.3) is 5.91 Å². The predicted octanol–water partition coefficient (Wildman–Crippen LogP) is 2.83. The molecular formula is C20H19N3O4. The van der Waals surface area contributed by atoms with Gasteiger partial charge in [-0.2, -0.15) is 5.10 Å². The van der Waals surface area contributed by atoms with Gasteiger partial charge in [0.15, 0.2) is 5.69 Å². The maximum atomic E-state index is 12.6. The lowest BCUT2D eigenvalue weighted by Crippen LogP contribution is -2.31. The first-order valence-electron chi connectivity index (χ1n) is 8.38. The average molecular weight is 365 g/mol. The molecule has 3 rings (SSSR count). The molecule has 0 unspecified atom stereocenters. The van der Waals surface area contributed by atoms with Crippen LogP contribution in [0.3, 0.4) is 0 Å². The summed E-state index contributed by atoms with van der Waals surface area (Å²) in [6, 6.07) is 16.7. The minimum atomic E-state index is -1.03. The molecule has 0 aliphatic heterocycles. The van der Waals surface area contributed by atoms with Crippen LogP contribution >= 0.6 is 0 Å². The first kappa shape index (κ1) is 18.2. The zero-order chi connectivity index (χ0) is 19.4. The summed E-state index contributed by atoms with van der Waals surface area (Å²) < 4.78 is 1.24.